The van der Waals surface area contributed by atoms with Crippen molar-refractivity contribution in [3.63, 3.8) is 0 Å². The van der Waals surface area contributed by atoms with Gasteiger partial charge in [-0.05, 0) is 38.8 Å². The smallest absolute Gasteiger partial charge is 0.134 e. The molecule has 2 atom stereocenters. The van der Waals surface area contributed by atoms with Gasteiger partial charge in [-0.2, -0.15) is 0 Å². The molecule has 68 valence electrons. The first-order chi connectivity index (χ1) is 5.77. The van der Waals surface area contributed by atoms with Gasteiger partial charge in [-0.25, -0.2) is 0 Å². The van der Waals surface area contributed by atoms with Crippen molar-refractivity contribution in [2.75, 3.05) is 13.6 Å². The van der Waals surface area contributed by atoms with Gasteiger partial charge in [-0.15, -0.1) is 0 Å². The number of hydrogen-bond donors (Lipinski definition) is 0. The second-order valence-corrected chi connectivity index (χ2v) is 4.23. The largest absolute Gasteiger partial charge is 0.303 e. The number of carbonyl (C=O) groups excluding carboxylic acids is 1. The Labute approximate surface area is 73.9 Å². The maximum atomic E-state index is 11.2. The van der Waals surface area contributed by atoms with Gasteiger partial charge < -0.3 is 4.90 Å². The molecular formula is C10H17NO. The fourth-order valence-corrected chi connectivity index (χ4v) is 2.66. The standard InChI is InChI=1S/C10H17NO/c1-11-6-2-3-8-4-5-9(12)7-10(8)11/h8,10H,2-7H2,1H3/t8-,10-/m1/s1. The van der Waals surface area contributed by atoms with Crippen molar-refractivity contribution in [1.29, 1.82) is 0 Å². The number of hydrogen-bond acceptors (Lipinski definition) is 2. The van der Waals surface area contributed by atoms with Crippen LogP contribution >= 0.6 is 0 Å². The Bertz CT molecular complexity index is 190. The van der Waals surface area contributed by atoms with Crippen molar-refractivity contribution >= 4 is 5.78 Å². The summed E-state index contributed by atoms with van der Waals surface area (Å²) < 4.78 is 0. The summed E-state index contributed by atoms with van der Waals surface area (Å²) in [6.07, 6.45) is 5.48. The molecule has 2 aliphatic rings. The summed E-state index contributed by atoms with van der Waals surface area (Å²) >= 11 is 0. The van der Waals surface area contributed by atoms with Gasteiger partial charge in [0.05, 0.1) is 0 Å². The van der Waals surface area contributed by atoms with Crippen LogP contribution in [0.5, 0.6) is 0 Å². The molecule has 2 rings (SSSR count). The number of rotatable bonds is 0. The number of piperidine rings is 1. The van der Waals surface area contributed by atoms with E-state index in [-0.39, 0.29) is 0 Å². The fraction of sp³-hybridized carbons (Fsp3) is 0.900. The summed E-state index contributed by atoms with van der Waals surface area (Å²) in [5, 5.41) is 0. The normalized spacial score (nSPS) is 37.9. The van der Waals surface area contributed by atoms with Crippen LogP contribution in [0.4, 0.5) is 0 Å². The summed E-state index contributed by atoms with van der Waals surface area (Å²) in [6.45, 7) is 1.19. The van der Waals surface area contributed by atoms with Gasteiger partial charge in [-0.1, -0.05) is 0 Å². The number of carbonyl (C=O) groups is 1. The van der Waals surface area contributed by atoms with E-state index in [4.69, 9.17) is 0 Å². The van der Waals surface area contributed by atoms with E-state index in [9.17, 15) is 4.79 Å². The predicted molar refractivity (Wildman–Crippen MR) is 48.0 cm³/mol. The van der Waals surface area contributed by atoms with Crippen LogP contribution in [0.2, 0.25) is 0 Å². The molecule has 0 unspecified atom stereocenters. The van der Waals surface area contributed by atoms with Gasteiger partial charge in [-0.3, -0.25) is 4.79 Å². The van der Waals surface area contributed by atoms with E-state index in [1.807, 2.05) is 0 Å². The van der Waals surface area contributed by atoms with Gasteiger partial charge >= 0.3 is 0 Å². The molecule has 0 aromatic rings. The molecule has 1 aliphatic heterocycles. The highest BCUT2D eigenvalue weighted by molar-refractivity contribution is 5.79. The molecule has 0 N–H and O–H groups in total. The van der Waals surface area contributed by atoms with Crippen molar-refractivity contribution in [3.05, 3.63) is 0 Å². The van der Waals surface area contributed by atoms with Gasteiger partial charge in [0.15, 0.2) is 0 Å². The number of fused-ring (bicyclic) bond motifs is 1. The molecule has 0 amide bonds. The van der Waals surface area contributed by atoms with Crippen molar-refractivity contribution in [1.82, 2.24) is 4.90 Å². The molecule has 2 heteroatoms. The average molecular weight is 167 g/mol. The third kappa shape index (κ3) is 1.40. The monoisotopic (exact) mass is 167 g/mol. The minimum absolute atomic E-state index is 0.477. The molecule has 0 radical (unpaired) electrons. The molecule has 1 heterocycles. The van der Waals surface area contributed by atoms with Crippen LogP contribution in [0.25, 0.3) is 0 Å². The fourth-order valence-electron chi connectivity index (χ4n) is 2.66. The molecule has 2 fully saturated rings. The Morgan fingerprint density at radius 2 is 2.25 bits per heavy atom. The summed E-state index contributed by atoms with van der Waals surface area (Å²) in [7, 11) is 2.16. The van der Waals surface area contributed by atoms with Crippen molar-refractivity contribution in [2.24, 2.45) is 5.92 Å². The Hall–Kier alpha value is -0.370. The first kappa shape index (κ1) is 8.24. The van der Waals surface area contributed by atoms with Crippen molar-refractivity contribution < 1.29 is 4.79 Å². The zero-order chi connectivity index (χ0) is 8.55. The van der Waals surface area contributed by atoms with Crippen LogP contribution in [0.1, 0.15) is 32.1 Å². The highest BCUT2D eigenvalue weighted by Gasteiger charge is 2.34. The lowest BCUT2D eigenvalue weighted by Crippen LogP contribution is -2.46. The predicted octanol–water partition coefficient (Wildman–Crippen LogP) is 1.45. The average Bonchev–Trinajstić information content (AvgIpc) is 2.07. The summed E-state index contributed by atoms with van der Waals surface area (Å²) in [6, 6.07) is 0.583. The van der Waals surface area contributed by atoms with Gasteiger partial charge in [0, 0.05) is 18.9 Å². The lowest BCUT2D eigenvalue weighted by Gasteiger charge is -2.41. The van der Waals surface area contributed by atoms with E-state index in [1.54, 1.807) is 0 Å². The Morgan fingerprint density at radius 3 is 3.08 bits per heavy atom. The Balaban J connectivity index is 2.05. The van der Waals surface area contributed by atoms with Crippen molar-refractivity contribution in [3.8, 4) is 0 Å². The molecule has 1 saturated carbocycles. The highest BCUT2D eigenvalue weighted by Crippen LogP contribution is 2.32. The summed E-state index contributed by atoms with van der Waals surface area (Å²) in [4.78, 5) is 13.6. The second-order valence-electron chi connectivity index (χ2n) is 4.23. The van der Waals surface area contributed by atoms with Crippen LogP contribution in [0, 0.1) is 5.92 Å². The van der Waals surface area contributed by atoms with E-state index >= 15 is 0 Å². The SMILES string of the molecule is CN1CCC[C@@H]2CCC(=O)C[C@H]21. The van der Waals surface area contributed by atoms with E-state index in [0.717, 1.165) is 25.2 Å². The van der Waals surface area contributed by atoms with Gasteiger partial charge in [0.1, 0.15) is 5.78 Å². The van der Waals surface area contributed by atoms with Crippen LogP contribution in [-0.2, 0) is 4.79 Å². The van der Waals surface area contributed by atoms with Crippen LogP contribution in [0.15, 0.2) is 0 Å². The van der Waals surface area contributed by atoms with Crippen LogP contribution in [0.3, 0.4) is 0 Å². The number of nitrogens with zero attached hydrogens (tertiary/aromatic N) is 1. The molecule has 12 heavy (non-hydrogen) atoms. The molecule has 0 bridgehead atoms. The number of likely N-dealkylation sites (tertiary alicyclic amines) is 1. The minimum atomic E-state index is 0.477. The quantitative estimate of drug-likeness (QED) is 0.544. The third-order valence-electron chi connectivity index (χ3n) is 3.43. The lowest BCUT2D eigenvalue weighted by molar-refractivity contribution is -0.123. The first-order valence-corrected chi connectivity index (χ1v) is 4.99. The van der Waals surface area contributed by atoms with Crippen LogP contribution < -0.4 is 0 Å². The van der Waals surface area contributed by atoms with Gasteiger partial charge in [0.25, 0.3) is 0 Å². The first-order valence-electron chi connectivity index (χ1n) is 4.99. The third-order valence-corrected chi connectivity index (χ3v) is 3.43. The summed E-state index contributed by atoms with van der Waals surface area (Å²) in [5.41, 5.74) is 0. The Kier molecular flexibility index (Phi) is 2.18. The highest BCUT2D eigenvalue weighted by atomic mass is 16.1. The molecule has 0 spiro atoms. The molecule has 0 aromatic heterocycles. The maximum absolute atomic E-state index is 11.2. The van der Waals surface area contributed by atoms with E-state index in [2.05, 4.69) is 11.9 Å². The summed E-state index contributed by atoms with van der Waals surface area (Å²) in [5.74, 6) is 1.30. The molecular weight excluding hydrogens is 150 g/mol. The van der Waals surface area contributed by atoms with E-state index in [1.165, 1.54) is 19.4 Å². The van der Waals surface area contributed by atoms with E-state index < -0.39 is 0 Å². The van der Waals surface area contributed by atoms with E-state index in [0.29, 0.717) is 11.8 Å². The van der Waals surface area contributed by atoms with Crippen molar-refractivity contribution in [2.45, 2.75) is 38.1 Å². The second kappa shape index (κ2) is 3.17. The molecule has 0 aromatic carbocycles. The molecule has 2 nitrogen and oxygen atoms in total. The zero-order valence-corrected chi connectivity index (χ0v) is 7.75. The maximum Gasteiger partial charge on any atom is 0.134 e. The lowest BCUT2D eigenvalue weighted by atomic mass is 9.78. The number of Topliss-reactive ketones (excluding diaryl/α,β-unsaturated/α-hetero) is 1. The topological polar surface area (TPSA) is 20.3 Å². The molecule has 1 aliphatic carbocycles. The number of ketones is 1. The van der Waals surface area contributed by atoms with Gasteiger partial charge in [0.2, 0.25) is 0 Å². The van der Waals surface area contributed by atoms with Crippen LogP contribution in [-0.4, -0.2) is 30.3 Å². The Morgan fingerprint density at radius 1 is 1.42 bits per heavy atom. The zero-order valence-electron chi connectivity index (χ0n) is 7.75. The minimum Gasteiger partial charge on any atom is -0.303 e. The molecule has 1 saturated heterocycles.